The van der Waals surface area contributed by atoms with Gasteiger partial charge in [0.1, 0.15) is 0 Å². The molecule has 0 bridgehead atoms. The first kappa shape index (κ1) is 14.5. The second-order valence-electron chi connectivity index (χ2n) is 5.31. The molecule has 0 aromatic heterocycles. The predicted octanol–water partition coefficient (Wildman–Crippen LogP) is 0.962. The average Bonchev–Trinajstić information content (AvgIpc) is 2.38. The summed E-state index contributed by atoms with van der Waals surface area (Å²) >= 11 is 0. The molecule has 1 aliphatic rings. The van der Waals surface area contributed by atoms with Crippen molar-refractivity contribution >= 4 is 5.91 Å². The van der Waals surface area contributed by atoms with Crippen molar-refractivity contribution in [3.63, 3.8) is 0 Å². The Hall–Kier alpha value is -0.610. The fraction of sp³-hybridized carbons (Fsp3) is 0.923. The van der Waals surface area contributed by atoms with E-state index in [0.29, 0.717) is 13.1 Å². The van der Waals surface area contributed by atoms with Crippen molar-refractivity contribution in [3.05, 3.63) is 0 Å². The number of amides is 1. The van der Waals surface area contributed by atoms with Crippen LogP contribution in [0.15, 0.2) is 0 Å². The number of carbonyl (C=O) groups excluding carboxylic acids is 1. The third-order valence-electron chi connectivity index (χ3n) is 4.46. The van der Waals surface area contributed by atoms with Gasteiger partial charge in [0.2, 0.25) is 5.91 Å². The van der Waals surface area contributed by atoms with Crippen LogP contribution in [0.25, 0.3) is 0 Å². The Balaban J connectivity index is 2.60. The molecule has 1 amide bonds. The molecule has 1 saturated carbocycles. The third kappa shape index (κ3) is 3.42. The Labute approximate surface area is 105 Å². The second-order valence-corrected chi connectivity index (χ2v) is 5.31. The summed E-state index contributed by atoms with van der Waals surface area (Å²) in [6.07, 6.45) is 5.99. The molecule has 1 fully saturated rings. The topological polar surface area (TPSA) is 58.4 Å². The maximum absolute atomic E-state index is 11.4. The van der Waals surface area contributed by atoms with Crippen molar-refractivity contribution in [2.24, 2.45) is 11.7 Å². The SMILES string of the molecule is CCC1CCC(CN)(N(C)CC(=O)NC)CC1. The number of hydrogen-bond acceptors (Lipinski definition) is 3. The molecule has 0 aromatic rings. The summed E-state index contributed by atoms with van der Waals surface area (Å²) in [5.74, 6) is 0.918. The quantitative estimate of drug-likeness (QED) is 0.754. The molecule has 0 spiro atoms. The van der Waals surface area contributed by atoms with Crippen LogP contribution in [0, 0.1) is 5.92 Å². The van der Waals surface area contributed by atoms with E-state index in [1.165, 1.54) is 19.3 Å². The lowest BCUT2D eigenvalue weighted by Gasteiger charge is -2.45. The number of nitrogens with zero attached hydrogens (tertiary/aromatic N) is 1. The van der Waals surface area contributed by atoms with Crippen LogP contribution in [-0.4, -0.2) is 43.5 Å². The molecule has 100 valence electrons. The maximum atomic E-state index is 11.4. The lowest BCUT2D eigenvalue weighted by molar-refractivity contribution is -0.123. The number of rotatable bonds is 5. The van der Waals surface area contributed by atoms with Crippen LogP contribution in [0.4, 0.5) is 0 Å². The lowest BCUT2D eigenvalue weighted by Crippen LogP contribution is -2.56. The third-order valence-corrected chi connectivity index (χ3v) is 4.46. The molecule has 0 unspecified atom stereocenters. The standard InChI is InChI=1S/C13H27N3O/c1-4-11-5-7-13(10-14,8-6-11)16(3)9-12(17)15-2/h11H,4-10,14H2,1-3H3,(H,15,17). The van der Waals surface area contributed by atoms with E-state index in [9.17, 15) is 4.79 Å². The fourth-order valence-electron chi connectivity index (χ4n) is 2.83. The van der Waals surface area contributed by atoms with Gasteiger partial charge in [0.25, 0.3) is 0 Å². The molecule has 0 aromatic carbocycles. The van der Waals surface area contributed by atoms with Crippen LogP contribution in [-0.2, 0) is 4.79 Å². The monoisotopic (exact) mass is 241 g/mol. The minimum Gasteiger partial charge on any atom is -0.358 e. The molecule has 17 heavy (non-hydrogen) atoms. The van der Waals surface area contributed by atoms with Crippen molar-refractivity contribution in [1.29, 1.82) is 0 Å². The molecule has 1 aliphatic carbocycles. The summed E-state index contributed by atoms with van der Waals surface area (Å²) in [5.41, 5.74) is 6.01. The Morgan fingerprint density at radius 2 is 2.06 bits per heavy atom. The largest absolute Gasteiger partial charge is 0.358 e. The van der Waals surface area contributed by atoms with Crippen LogP contribution in [0.1, 0.15) is 39.0 Å². The van der Waals surface area contributed by atoms with E-state index in [2.05, 4.69) is 17.1 Å². The zero-order valence-electron chi connectivity index (χ0n) is 11.5. The minimum absolute atomic E-state index is 0.0399. The van der Waals surface area contributed by atoms with Crippen LogP contribution in [0.2, 0.25) is 0 Å². The smallest absolute Gasteiger partial charge is 0.233 e. The Morgan fingerprint density at radius 3 is 2.47 bits per heavy atom. The summed E-state index contributed by atoms with van der Waals surface area (Å²) in [7, 11) is 3.70. The van der Waals surface area contributed by atoms with Crippen LogP contribution in [0.3, 0.4) is 0 Å². The van der Waals surface area contributed by atoms with Gasteiger partial charge in [-0.05, 0) is 38.6 Å². The zero-order valence-corrected chi connectivity index (χ0v) is 11.5. The van der Waals surface area contributed by atoms with E-state index in [1.54, 1.807) is 7.05 Å². The fourth-order valence-corrected chi connectivity index (χ4v) is 2.83. The van der Waals surface area contributed by atoms with E-state index < -0.39 is 0 Å². The van der Waals surface area contributed by atoms with E-state index in [0.717, 1.165) is 18.8 Å². The van der Waals surface area contributed by atoms with Gasteiger partial charge in [-0.3, -0.25) is 9.69 Å². The van der Waals surface area contributed by atoms with Gasteiger partial charge in [0.05, 0.1) is 6.54 Å². The van der Waals surface area contributed by atoms with Gasteiger partial charge >= 0.3 is 0 Å². The molecule has 0 aliphatic heterocycles. The molecule has 0 saturated heterocycles. The minimum atomic E-state index is 0.0399. The van der Waals surface area contributed by atoms with Crippen LogP contribution < -0.4 is 11.1 Å². The van der Waals surface area contributed by atoms with Crippen LogP contribution in [0.5, 0.6) is 0 Å². The average molecular weight is 241 g/mol. The van der Waals surface area contributed by atoms with E-state index >= 15 is 0 Å². The Kier molecular flexibility index (Phi) is 5.40. The molecule has 3 N–H and O–H groups in total. The molecule has 1 rings (SSSR count). The van der Waals surface area contributed by atoms with E-state index in [4.69, 9.17) is 5.73 Å². The van der Waals surface area contributed by atoms with Gasteiger partial charge in [-0.15, -0.1) is 0 Å². The molecule has 0 radical (unpaired) electrons. The number of nitrogens with one attached hydrogen (secondary N) is 1. The first-order valence-electron chi connectivity index (χ1n) is 6.70. The molecule has 4 heteroatoms. The maximum Gasteiger partial charge on any atom is 0.233 e. The highest BCUT2D eigenvalue weighted by Crippen LogP contribution is 2.36. The number of carbonyl (C=O) groups is 1. The molecule has 0 atom stereocenters. The Bertz CT molecular complexity index is 247. The summed E-state index contributed by atoms with van der Waals surface area (Å²) in [4.78, 5) is 13.6. The van der Waals surface area contributed by atoms with Crippen molar-refractivity contribution in [2.45, 2.75) is 44.6 Å². The van der Waals surface area contributed by atoms with Gasteiger partial charge in [-0.25, -0.2) is 0 Å². The molecule has 4 nitrogen and oxygen atoms in total. The van der Waals surface area contributed by atoms with Gasteiger partial charge in [-0.2, -0.15) is 0 Å². The van der Waals surface area contributed by atoms with Crippen molar-refractivity contribution in [1.82, 2.24) is 10.2 Å². The summed E-state index contributed by atoms with van der Waals surface area (Å²) < 4.78 is 0. The van der Waals surface area contributed by atoms with Gasteiger partial charge < -0.3 is 11.1 Å². The molecular formula is C13H27N3O. The lowest BCUT2D eigenvalue weighted by atomic mass is 9.74. The predicted molar refractivity (Wildman–Crippen MR) is 70.7 cm³/mol. The van der Waals surface area contributed by atoms with Crippen molar-refractivity contribution in [3.8, 4) is 0 Å². The summed E-state index contributed by atoms with van der Waals surface area (Å²) in [6.45, 7) is 3.36. The normalized spacial score (nSPS) is 29.4. The van der Waals surface area contributed by atoms with E-state index in [-0.39, 0.29) is 11.4 Å². The van der Waals surface area contributed by atoms with Gasteiger partial charge in [0.15, 0.2) is 0 Å². The Morgan fingerprint density at radius 1 is 1.47 bits per heavy atom. The van der Waals surface area contributed by atoms with Crippen molar-refractivity contribution < 1.29 is 4.79 Å². The van der Waals surface area contributed by atoms with E-state index in [1.807, 2.05) is 7.05 Å². The molecule has 0 heterocycles. The summed E-state index contributed by atoms with van der Waals surface area (Å²) in [5, 5.41) is 2.67. The number of likely N-dealkylation sites (N-methyl/N-ethyl adjacent to an activating group) is 2. The number of nitrogens with two attached hydrogens (primary N) is 1. The summed E-state index contributed by atoms with van der Waals surface area (Å²) in [6, 6.07) is 0. The van der Waals surface area contributed by atoms with Gasteiger partial charge in [0, 0.05) is 19.1 Å². The first-order chi connectivity index (χ1) is 8.07. The first-order valence-corrected chi connectivity index (χ1v) is 6.70. The second kappa shape index (κ2) is 6.36. The highest BCUT2D eigenvalue weighted by atomic mass is 16.1. The van der Waals surface area contributed by atoms with Gasteiger partial charge in [-0.1, -0.05) is 13.3 Å². The zero-order chi connectivity index (χ0) is 12.9. The highest BCUT2D eigenvalue weighted by molar-refractivity contribution is 5.77. The van der Waals surface area contributed by atoms with Crippen molar-refractivity contribution in [2.75, 3.05) is 27.2 Å². The molecular weight excluding hydrogens is 214 g/mol. The van der Waals surface area contributed by atoms with Crippen LogP contribution >= 0.6 is 0 Å². The highest BCUT2D eigenvalue weighted by Gasteiger charge is 2.37. The number of hydrogen-bond donors (Lipinski definition) is 2.